The lowest BCUT2D eigenvalue weighted by atomic mass is 10.00. The van der Waals surface area contributed by atoms with Gasteiger partial charge in [-0.15, -0.1) is 0 Å². The Morgan fingerprint density at radius 2 is 1.84 bits per heavy atom. The minimum absolute atomic E-state index is 0.163. The molecule has 0 aliphatic rings. The fraction of sp³-hybridized carbons (Fsp3) is 0.333. The van der Waals surface area contributed by atoms with Crippen LogP contribution in [-0.2, 0) is 6.42 Å². The SMILES string of the molecule is COc1cccc2c(O)c(C[C@H](C)O)cc(OC)c12. The molecule has 19 heavy (non-hydrogen) atoms. The summed E-state index contributed by atoms with van der Waals surface area (Å²) in [5, 5.41) is 21.2. The zero-order valence-electron chi connectivity index (χ0n) is 11.3. The molecule has 0 aromatic heterocycles. The lowest BCUT2D eigenvalue weighted by molar-refractivity contribution is 0.194. The number of ether oxygens (including phenoxy) is 2. The smallest absolute Gasteiger partial charge is 0.130 e. The van der Waals surface area contributed by atoms with E-state index in [0.29, 0.717) is 28.9 Å². The van der Waals surface area contributed by atoms with Gasteiger partial charge < -0.3 is 19.7 Å². The molecule has 0 fully saturated rings. The molecule has 0 unspecified atom stereocenters. The van der Waals surface area contributed by atoms with Crippen molar-refractivity contribution in [3.63, 3.8) is 0 Å². The molecule has 0 radical (unpaired) electrons. The molecule has 0 aliphatic heterocycles. The Bertz CT molecular complexity index is 590. The van der Waals surface area contributed by atoms with Crippen LogP contribution in [0.1, 0.15) is 12.5 Å². The summed E-state index contributed by atoms with van der Waals surface area (Å²) in [6.07, 6.45) is -0.159. The van der Waals surface area contributed by atoms with Gasteiger partial charge in [-0.25, -0.2) is 0 Å². The fourth-order valence-electron chi connectivity index (χ4n) is 2.26. The lowest BCUT2D eigenvalue weighted by Gasteiger charge is -2.15. The molecule has 102 valence electrons. The largest absolute Gasteiger partial charge is 0.507 e. The monoisotopic (exact) mass is 262 g/mol. The number of aliphatic hydroxyl groups excluding tert-OH is 1. The minimum Gasteiger partial charge on any atom is -0.507 e. The maximum Gasteiger partial charge on any atom is 0.130 e. The van der Waals surface area contributed by atoms with E-state index in [2.05, 4.69) is 0 Å². The summed E-state index contributed by atoms with van der Waals surface area (Å²) >= 11 is 0. The van der Waals surface area contributed by atoms with E-state index in [1.165, 1.54) is 0 Å². The van der Waals surface area contributed by atoms with Gasteiger partial charge in [0.1, 0.15) is 17.2 Å². The summed E-state index contributed by atoms with van der Waals surface area (Å²) in [5.74, 6) is 1.43. The number of phenolic OH excluding ortho intramolecular Hbond substituents is 1. The molecule has 0 saturated heterocycles. The first-order valence-corrected chi connectivity index (χ1v) is 6.12. The number of rotatable bonds is 4. The van der Waals surface area contributed by atoms with E-state index in [1.54, 1.807) is 33.3 Å². The first kappa shape index (κ1) is 13.5. The molecule has 0 bridgehead atoms. The van der Waals surface area contributed by atoms with E-state index in [4.69, 9.17) is 9.47 Å². The van der Waals surface area contributed by atoms with Crippen LogP contribution in [0, 0.1) is 0 Å². The number of hydrogen-bond acceptors (Lipinski definition) is 4. The summed E-state index contributed by atoms with van der Waals surface area (Å²) in [6, 6.07) is 7.18. The van der Waals surface area contributed by atoms with Crippen molar-refractivity contribution in [2.45, 2.75) is 19.4 Å². The van der Waals surface area contributed by atoms with Crippen LogP contribution >= 0.6 is 0 Å². The quantitative estimate of drug-likeness (QED) is 0.888. The van der Waals surface area contributed by atoms with Crippen molar-refractivity contribution < 1.29 is 19.7 Å². The van der Waals surface area contributed by atoms with Gasteiger partial charge in [0, 0.05) is 17.4 Å². The van der Waals surface area contributed by atoms with Crippen LogP contribution in [0.25, 0.3) is 10.8 Å². The first-order chi connectivity index (χ1) is 9.08. The Kier molecular flexibility index (Phi) is 3.81. The molecule has 0 saturated carbocycles. The average Bonchev–Trinajstić information content (AvgIpc) is 2.40. The molecule has 0 amide bonds. The second-order valence-electron chi connectivity index (χ2n) is 4.52. The molecule has 2 N–H and O–H groups in total. The zero-order valence-corrected chi connectivity index (χ0v) is 11.3. The summed E-state index contributed by atoms with van der Waals surface area (Å²) in [5.41, 5.74) is 0.660. The van der Waals surface area contributed by atoms with E-state index in [-0.39, 0.29) is 5.75 Å². The summed E-state index contributed by atoms with van der Waals surface area (Å²) in [7, 11) is 3.15. The molecule has 2 aromatic rings. The van der Waals surface area contributed by atoms with Crippen molar-refractivity contribution in [3.05, 3.63) is 29.8 Å². The highest BCUT2D eigenvalue weighted by Gasteiger charge is 2.16. The predicted octanol–water partition coefficient (Wildman–Crippen LogP) is 2.49. The number of benzene rings is 2. The standard InChI is InChI=1S/C15H18O4/c1-9(16)7-10-8-13(19-3)14-11(15(10)17)5-4-6-12(14)18-2/h4-6,8-9,16-17H,7H2,1-3H3/t9-/m0/s1. The second kappa shape index (κ2) is 5.36. The van der Waals surface area contributed by atoms with Crippen LogP contribution in [0.15, 0.2) is 24.3 Å². The van der Waals surface area contributed by atoms with E-state index in [9.17, 15) is 10.2 Å². The zero-order chi connectivity index (χ0) is 14.0. The molecule has 2 aromatic carbocycles. The summed E-state index contributed by atoms with van der Waals surface area (Å²) < 4.78 is 10.7. The van der Waals surface area contributed by atoms with E-state index in [1.807, 2.05) is 12.1 Å². The van der Waals surface area contributed by atoms with Gasteiger partial charge in [-0.1, -0.05) is 12.1 Å². The third-order valence-electron chi connectivity index (χ3n) is 3.09. The molecule has 4 nitrogen and oxygen atoms in total. The van der Waals surface area contributed by atoms with E-state index < -0.39 is 6.10 Å². The van der Waals surface area contributed by atoms with Crippen molar-refractivity contribution in [3.8, 4) is 17.2 Å². The third kappa shape index (κ3) is 2.44. The van der Waals surface area contributed by atoms with Crippen molar-refractivity contribution in [1.82, 2.24) is 0 Å². The van der Waals surface area contributed by atoms with Gasteiger partial charge in [0.2, 0.25) is 0 Å². The molecule has 0 heterocycles. The molecular weight excluding hydrogens is 244 g/mol. The number of phenols is 1. The van der Waals surface area contributed by atoms with Gasteiger partial charge in [0.25, 0.3) is 0 Å². The highest BCUT2D eigenvalue weighted by Crippen LogP contribution is 2.41. The van der Waals surface area contributed by atoms with Crippen molar-refractivity contribution >= 4 is 10.8 Å². The van der Waals surface area contributed by atoms with Gasteiger partial charge in [-0.2, -0.15) is 0 Å². The normalized spacial score (nSPS) is 12.4. The van der Waals surface area contributed by atoms with Crippen LogP contribution < -0.4 is 9.47 Å². The van der Waals surface area contributed by atoms with E-state index in [0.717, 1.165) is 5.39 Å². The van der Waals surface area contributed by atoms with Crippen molar-refractivity contribution in [2.75, 3.05) is 14.2 Å². The molecule has 1 atom stereocenters. The highest BCUT2D eigenvalue weighted by atomic mass is 16.5. The molecule has 4 heteroatoms. The van der Waals surface area contributed by atoms with Crippen LogP contribution in [0.4, 0.5) is 0 Å². The van der Waals surface area contributed by atoms with Crippen LogP contribution in [0.5, 0.6) is 17.2 Å². The summed E-state index contributed by atoms with van der Waals surface area (Å²) in [4.78, 5) is 0. The average molecular weight is 262 g/mol. The Balaban J connectivity index is 2.75. The van der Waals surface area contributed by atoms with Crippen LogP contribution in [0.2, 0.25) is 0 Å². The minimum atomic E-state index is -0.529. The molecule has 2 rings (SSSR count). The maximum absolute atomic E-state index is 10.3. The fourth-order valence-corrected chi connectivity index (χ4v) is 2.26. The Morgan fingerprint density at radius 3 is 2.42 bits per heavy atom. The van der Waals surface area contributed by atoms with Crippen LogP contribution in [-0.4, -0.2) is 30.5 Å². The Morgan fingerprint density at radius 1 is 1.16 bits per heavy atom. The lowest BCUT2D eigenvalue weighted by Crippen LogP contribution is -2.05. The first-order valence-electron chi connectivity index (χ1n) is 6.12. The van der Waals surface area contributed by atoms with Gasteiger partial charge in [0.05, 0.1) is 25.7 Å². The van der Waals surface area contributed by atoms with E-state index >= 15 is 0 Å². The number of hydrogen-bond donors (Lipinski definition) is 2. The maximum atomic E-state index is 10.3. The summed E-state index contributed by atoms with van der Waals surface area (Å²) in [6.45, 7) is 1.68. The number of methoxy groups -OCH3 is 2. The third-order valence-corrected chi connectivity index (χ3v) is 3.09. The number of fused-ring (bicyclic) bond motifs is 1. The Labute approximate surface area is 112 Å². The number of aliphatic hydroxyl groups is 1. The van der Waals surface area contributed by atoms with Crippen LogP contribution in [0.3, 0.4) is 0 Å². The molecule has 0 spiro atoms. The molecular formula is C15H18O4. The Hall–Kier alpha value is -1.94. The number of aromatic hydroxyl groups is 1. The van der Waals surface area contributed by atoms with Crippen molar-refractivity contribution in [1.29, 1.82) is 0 Å². The van der Waals surface area contributed by atoms with Gasteiger partial charge in [0.15, 0.2) is 0 Å². The van der Waals surface area contributed by atoms with Gasteiger partial charge in [-0.3, -0.25) is 0 Å². The second-order valence-corrected chi connectivity index (χ2v) is 4.52. The van der Waals surface area contributed by atoms with Crippen molar-refractivity contribution in [2.24, 2.45) is 0 Å². The topological polar surface area (TPSA) is 58.9 Å². The van der Waals surface area contributed by atoms with Gasteiger partial charge >= 0.3 is 0 Å². The highest BCUT2D eigenvalue weighted by molar-refractivity contribution is 5.98. The van der Waals surface area contributed by atoms with Gasteiger partial charge in [-0.05, 0) is 19.1 Å². The molecule has 0 aliphatic carbocycles. The predicted molar refractivity (Wildman–Crippen MR) is 74.1 cm³/mol.